The van der Waals surface area contributed by atoms with Crippen molar-refractivity contribution in [2.45, 2.75) is 13.8 Å². The van der Waals surface area contributed by atoms with Gasteiger partial charge in [0.05, 0.1) is 12.5 Å². The third-order valence-electron chi connectivity index (χ3n) is 4.40. The molecule has 0 fully saturated rings. The molecule has 30 heavy (non-hydrogen) atoms. The highest BCUT2D eigenvalue weighted by Gasteiger charge is 2.15. The molecule has 0 saturated heterocycles. The van der Waals surface area contributed by atoms with Gasteiger partial charge >= 0.3 is 0 Å². The van der Waals surface area contributed by atoms with Crippen LogP contribution in [-0.2, 0) is 0 Å². The number of anilines is 1. The smallest absolute Gasteiger partial charge is 0.257 e. The van der Waals surface area contributed by atoms with Crippen LogP contribution in [0.4, 0.5) is 5.13 Å². The van der Waals surface area contributed by atoms with E-state index in [2.05, 4.69) is 10.3 Å². The van der Waals surface area contributed by atoms with Gasteiger partial charge < -0.3 is 13.9 Å². The van der Waals surface area contributed by atoms with Crippen LogP contribution in [0.15, 0.2) is 57.9 Å². The Balaban J connectivity index is 1.56. The number of benzene rings is 2. The molecule has 0 bridgehead atoms. The lowest BCUT2D eigenvalue weighted by atomic mass is 10.2. The number of nitrogens with zero attached hydrogens (tertiary/aromatic N) is 1. The molecule has 0 spiro atoms. The summed E-state index contributed by atoms with van der Waals surface area (Å²) in [6.07, 6.45) is 1.70. The lowest BCUT2D eigenvalue weighted by Gasteiger charge is -2.10. The van der Waals surface area contributed by atoms with Crippen LogP contribution in [0.1, 0.15) is 21.0 Å². The Morgan fingerprint density at radius 3 is 2.50 bits per heavy atom. The van der Waals surface area contributed by atoms with Gasteiger partial charge in [-0.25, -0.2) is 4.98 Å². The first-order chi connectivity index (χ1) is 14.4. The summed E-state index contributed by atoms with van der Waals surface area (Å²) in [6, 6.07) is 11.5. The topological polar surface area (TPSA) is 90.7 Å². The zero-order valence-corrected chi connectivity index (χ0v) is 17.3. The van der Waals surface area contributed by atoms with Gasteiger partial charge in [-0.3, -0.25) is 14.9 Å². The van der Waals surface area contributed by atoms with Crippen molar-refractivity contribution in [1.82, 2.24) is 4.98 Å². The number of nitrogens with one attached hydrogen (secondary N) is 1. The van der Waals surface area contributed by atoms with Gasteiger partial charge in [-0.2, -0.15) is 0 Å². The van der Waals surface area contributed by atoms with E-state index < -0.39 is 0 Å². The molecule has 0 atom stereocenters. The number of hydrogen-bond acceptors (Lipinski definition) is 7. The molecule has 1 N–H and O–H groups in total. The first kappa shape index (κ1) is 19.7. The van der Waals surface area contributed by atoms with E-state index >= 15 is 0 Å². The molecule has 0 unspecified atom stereocenters. The SMILES string of the molecule is COc1ccc2c(=O)c(Oc3ccc(C(=O)Nc4ncc(C)s4)cc3)c(C)oc2c1. The highest BCUT2D eigenvalue weighted by atomic mass is 32.1. The Morgan fingerprint density at radius 2 is 1.83 bits per heavy atom. The lowest BCUT2D eigenvalue weighted by molar-refractivity contribution is 0.102. The maximum atomic E-state index is 12.8. The van der Waals surface area contributed by atoms with Crippen LogP contribution in [0.2, 0.25) is 0 Å². The summed E-state index contributed by atoms with van der Waals surface area (Å²) in [5.41, 5.74) is 0.593. The number of hydrogen-bond donors (Lipinski definition) is 1. The second kappa shape index (κ2) is 8.00. The molecule has 7 nitrogen and oxygen atoms in total. The minimum absolute atomic E-state index is 0.100. The lowest BCUT2D eigenvalue weighted by Crippen LogP contribution is -2.11. The van der Waals surface area contributed by atoms with E-state index in [4.69, 9.17) is 13.9 Å². The third kappa shape index (κ3) is 3.90. The van der Waals surface area contributed by atoms with Crippen molar-refractivity contribution in [3.63, 3.8) is 0 Å². The van der Waals surface area contributed by atoms with Crippen molar-refractivity contribution in [2.24, 2.45) is 0 Å². The number of fused-ring (bicyclic) bond motifs is 1. The van der Waals surface area contributed by atoms with Gasteiger partial charge in [-0.15, -0.1) is 11.3 Å². The number of aromatic nitrogens is 1. The monoisotopic (exact) mass is 422 g/mol. The third-order valence-corrected chi connectivity index (χ3v) is 5.23. The highest BCUT2D eigenvalue weighted by molar-refractivity contribution is 7.15. The van der Waals surface area contributed by atoms with E-state index in [9.17, 15) is 9.59 Å². The number of rotatable bonds is 5. The molecule has 2 heterocycles. The van der Waals surface area contributed by atoms with Crippen LogP contribution in [0, 0.1) is 13.8 Å². The average Bonchev–Trinajstić information content (AvgIpc) is 3.15. The van der Waals surface area contributed by atoms with E-state index in [-0.39, 0.29) is 17.1 Å². The quantitative estimate of drug-likeness (QED) is 0.491. The number of thiazole rings is 1. The largest absolute Gasteiger partial charge is 0.497 e. The fraction of sp³-hybridized carbons (Fsp3) is 0.136. The molecule has 0 aliphatic rings. The first-order valence-electron chi connectivity index (χ1n) is 9.08. The van der Waals surface area contributed by atoms with Crippen LogP contribution in [0.3, 0.4) is 0 Å². The molecule has 1 amide bonds. The van der Waals surface area contributed by atoms with Gasteiger partial charge in [-0.05, 0) is 50.2 Å². The molecule has 2 aromatic carbocycles. The van der Waals surface area contributed by atoms with Crippen molar-refractivity contribution in [3.8, 4) is 17.2 Å². The molecule has 0 saturated carbocycles. The van der Waals surface area contributed by atoms with E-state index in [1.54, 1.807) is 62.7 Å². The second-order valence-corrected chi connectivity index (χ2v) is 7.77. The van der Waals surface area contributed by atoms with Crippen molar-refractivity contribution in [3.05, 3.63) is 75.1 Å². The van der Waals surface area contributed by atoms with Crippen LogP contribution >= 0.6 is 11.3 Å². The summed E-state index contributed by atoms with van der Waals surface area (Å²) >= 11 is 1.40. The Bertz CT molecular complexity index is 1290. The number of carbonyl (C=O) groups excluding carboxylic acids is 1. The van der Waals surface area contributed by atoms with Crippen molar-refractivity contribution < 1.29 is 18.7 Å². The van der Waals surface area contributed by atoms with Crippen LogP contribution in [-0.4, -0.2) is 18.0 Å². The van der Waals surface area contributed by atoms with E-state index in [0.717, 1.165) is 4.88 Å². The molecular weight excluding hydrogens is 404 g/mol. The van der Waals surface area contributed by atoms with E-state index in [1.807, 2.05) is 6.92 Å². The zero-order chi connectivity index (χ0) is 21.3. The maximum Gasteiger partial charge on any atom is 0.257 e. The van der Waals surface area contributed by atoms with Gasteiger partial charge in [0.25, 0.3) is 5.91 Å². The number of aryl methyl sites for hydroxylation is 2. The summed E-state index contributed by atoms with van der Waals surface area (Å²) in [5, 5.41) is 3.68. The number of methoxy groups -OCH3 is 1. The summed E-state index contributed by atoms with van der Waals surface area (Å²) < 4.78 is 16.7. The van der Waals surface area contributed by atoms with Crippen LogP contribution in [0.25, 0.3) is 11.0 Å². The van der Waals surface area contributed by atoms with Crippen molar-refractivity contribution in [2.75, 3.05) is 12.4 Å². The van der Waals surface area contributed by atoms with E-state index in [1.165, 1.54) is 11.3 Å². The average molecular weight is 422 g/mol. The summed E-state index contributed by atoms with van der Waals surface area (Å²) in [7, 11) is 1.55. The van der Waals surface area contributed by atoms with Gasteiger partial charge in [0.1, 0.15) is 22.8 Å². The maximum absolute atomic E-state index is 12.8. The molecule has 0 radical (unpaired) electrons. The van der Waals surface area contributed by atoms with Gasteiger partial charge in [0.15, 0.2) is 5.13 Å². The van der Waals surface area contributed by atoms with E-state index in [0.29, 0.717) is 38.9 Å². The first-order valence-corrected chi connectivity index (χ1v) is 9.89. The summed E-state index contributed by atoms with van der Waals surface area (Å²) in [6.45, 7) is 3.58. The number of carbonyl (C=O) groups is 1. The van der Waals surface area contributed by atoms with Crippen molar-refractivity contribution in [1.29, 1.82) is 0 Å². The predicted molar refractivity (Wildman–Crippen MR) is 115 cm³/mol. The molecule has 4 rings (SSSR count). The Labute approximate surface area is 175 Å². The molecule has 152 valence electrons. The van der Waals surface area contributed by atoms with Gasteiger partial charge in [0.2, 0.25) is 11.2 Å². The summed E-state index contributed by atoms with van der Waals surface area (Å²) in [5.74, 6) is 1.19. The molecule has 0 aliphatic heterocycles. The van der Waals surface area contributed by atoms with Gasteiger partial charge in [-0.1, -0.05) is 0 Å². The second-order valence-electron chi connectivity index (χ2n) is 6.54. The minimum atomic E-state index is -0.280. The Kier molecular flexibility index (Phi) is 5.24. The van der Waals surface area contributed by atoms with Gasteiger partial charge in [0, 0.05) is 22.7 Å². The molecule has 8 heteroatoms. The Morgan fingerprint density at radius 1 is 1.10 bits per heavy atom. The molecule has 4 aromatic rings. The molecule has 0 aliphatic carbocycles. The zero-order valence-electron chi connectivity index (χ0n) is 16.5. The standard InChI is InChI=1S/C22H18N2O5S/c1-12-11-23-22(30-12)24-21(26)14-4-6-15(7-5-14)29-20-13(2)28-18-10-16(27-3)8-9-17(18)19(20)25/h4-11H,1-3H3,(H,23,24,26). The summed E-state index contributed by atoms with van der Waals surface area (Å²) in [4.78, 5) is 30.3. The highest BCUT2D eigenvalue weighted by Crippen LogP contribution is 2.27. The fourth-order valence-electron chi connectivity index (χ4n) is 2.89. The molecular formula is C22H18N2O5S. The number of amides is 1. The Hall–Kier alpha value is -3.65. The predicted octanol–water partition coefficient (Wildman–Crippen LogP) is 4.92. The fourth-order valence-corrected chi connectivity index (χ4v) is 3.55. The van der Waals surface area contributed by atoms with Crippen molar-refractivity contribution >= 4 is 33.3 Å². The molecule has 2 aromatic heterocycles. The minimum Gasteiger partial charge on any atom is -0.497 e. The van der Waals surface area contributed by atoms with Crippen LogP contribution in [0.5, 0.6) is 17.2 Å². The normalized spacial score (nSPS) is 10.8. The number of ether oxygens (including phenoxy) is 2. The van der Waals surface area contributed by atoms with Crippen LogP contribution < -0.4 is 20.2 Å².